The van der Waals surface area contributed by atoms with Gasteiger partial charge in [0, 0.05) is 19.7 Å². The fraction of sp³-hybridized carbons (Fsp3) is 0.650. The number of nitrogens with zero attached hydrogens (tertiary/aromatic N) is 1. The second-order valence-corrected chi connectivity index (χ2v) is 7.42. The van der Waals surface area contributed by atoms with E-state index in [1.54, 1.807) is 7.11 Å². The Labute approximate surface area is 162 Å². The molecule has 5 nitrogen and oxygen atoms in total. The van der Waals surface area contributed by atoms with E-state index in [1.807, 2.05) is 35.2 Å². The minimum atomic E-state index is -0.522. The molecule has 2 aliphatic rings. The summed E-state index contributed by atoms with van der Waals surface area (Å²) in [6, 6.07) is 9.85. The fourth-order valence-corrected chi connectivity index (χ4v) is 4.32. The molecule has 0 saturated carbocycles. The zero-order chi connectivity index (χ0) is 17.7. The Morgan fingerprint density at radius 1 is 1.35 bits per heavy atom. The predicted octanol–water partition coefficient (Wildman–Crippen LogP) is 2.54. The lowest BCUT2D eigenvalue weighted by atomic mass is 9.78. The third kappa shape index (κ3) is 4.58. The molecular formula is C20H31ClN2O3. The van der Waals surface area contributed by atoms with Gasteiger partial charge < -0.3 is 20.1 Å². The van der Waals surface area contributed by atoms with Gasteiger partial charge in [-0.2, -0.15) is 0 Å². The van der Waals surface area contributed by atoms with Gasteiger partial charge in [0.05, 0.1) is 18.1 Å². The quantitative estimate of drug-likeness (QED) is 0.793. The fourth-order valence-electron chi connectivity index (χ4n) is 4.32. The molecule has 146 valence electrons. The summed E-state index contributed by atoms with van der Waals surface area (Å²) in [6.07, 6.45) is 3.72. The minimum absolute atomic E-state index is 0. The number of amides is 1. The van der Waals surface area contributed by atoms with Crippen molar-refractivity contribution in [2.75, 3.05) is 33.4 Å². The predicted molar refractivity (Wildman–Crippen MR) is 104 cm³/mol. The van der Waals surface area contributed by atoms with Crippen molar-refractivity contribution in [1.29, 1.82) is 0 Å². The average molecular weight is 383 g/mol. The standard InChI is InChI=1S/C20H30N2O3.ClH/c1-25-15-20(9-11-21-12-10-20)19(24)22-13-5-8-17(22)14-18(23)16-6-3-2-4-7-16;/h2-4,6-7,17-18,21,23H,5,8-15H2,1H3;1H. The van der Waals surface area contributed by atoms with Crippen LogP contribution in [0.4, 0.5) is 0 Å². The highest BCUT2D eigenvalue weighted by atomic mass is 35.5. The maximum absolute atomic E-state index is 13.4. The van der Waals surface area contributed by atoms with Crippen LogP contribution in [-0.4, -0.2) is 55.3 Å². The highest BCUT2D eigenvalue weighted by molar-refractivity contribution is 5.85. The number of aliphatic hydroxyl groups excluding tert-OH is 1. The van der Waals surface area contributed by atoms with Crippen LogP contribution in [-0.2, 0) is 9.53 Å². The normalized spacial score (nSPS) is 23.3. The van der Waals surface area contributed by atoms with Gasteiger partial charge in [-0.25, -0.2) is 0 Å². The van der Waals surface area contributed by atoms with Crippen LogP contribution in [0, 0.1) is 5.41 Å². The van der Waals surface area contributed by atoms with Crippen molar-refractivity contribution < 1.29 is 14.6 Å². The Morgan fingerprint density at radius 3 is 2.69 bits per heavy atom. The Kier molecular flexibility index (Phi) is 7.89. The molecule has 1 aromatic rings. The number of nitrogens with one attached hydrogen (secondary N) is 1. The lowest BCUT2D eigenvalue weighted by Crippen LogP contribution is -2.53. The van der Waals surface area contributed by atoms with Crippen molar-refractivity contribution in [3.8, 4) is 0 Å². The summed E-state index contributed by atoms with van der Waals surface area (Å²) in [5.41, 5.74) is 0.524. The Morgan fingerprint density at radius 2 is 2.04 bits per heavy atom. The third-order valence-corrected chi connectivity index (χ3v) is 5.75. The number of carbonyl (C=O) groups is 1. The van der Waals surface area contributed by atoms with Crippen molar-refractivity contribution in [2.24, 2.45) is 5.41 Å². The van der Waals surface area contributed by atoms with E-state index in [0.717, 1.165) is 50.9 Å². The van der Waals surface area contributed by atoms with Crippen molar-refractivity contribution in [2.45, 2.75) is 44.2 Å². The summed E-state index contributed by atoms with van der Waals surface area (Å²) >= 11 is 0. The van der Waals surface area contributed by atoms with E-state index >= 15 is 0 Å². The first-order valence-electron chi connectivity index (χ1n) is 9.40. The first-order valence-corrected chi connectivity index (χ1v) is 9.40. The highest BCUT2D eigenvalue weighted by Crippen LogP contribution is 2.36. The van der Waals surface area contributed by atoms with Crippen LogP contribution in [0.2, 0.25) is 0 Å². The number of hydrogen-bond donors (Lipinski definition) is 2. The van der Waals surface area contributed by atoms with Gasteiger partial charge in [-0.3, -0.25) is 4.79 Å². The van der Waals surface area contributed by atoms with Crippen LogP contribution in [0.1, 0.15) is 43.8 Å². The molecule has 0 aromatic heterocycles. The number of piperidine rings is 1. The van der Waals surface area contributed by atoms with Crippen LogP contribution < -0.4 is 5.32 Å². The monoisotopic (exact) mass is 382 g/mol. The van der Waals surface area contributed by atoms with E-state index in [0.29, 0.717) is 13.0 Å². The van der Waals surface area contributed by atoms with E-state index in [-0.39, 0.29) is 24.4 Å². The molecule has 0 radical (unpaired) electrons. The second kappa shape index (κ2) is 9.70. The Bertz CT molecular complexity index is 558. The van der Waals surface area contributed by atoms with E-state index in [2.05, 4.69) is 5.32 Å². The van der Waals surface area contributed by atoms with Crippen molar-refractivity contribution in [1.82, 2.24) is 10.2 Å². The molecule has 2 heterocycles. The Balaban J connectivity index is 0.00000243. The SMILES string of the molecule is COCC1(C(=O)N2CCCC2CC(O)c2ccccc2)CCNCC1.Cl. The van der Waals surface area contributed by atoms with Gasteiger partial charge in [-0.05, 0) is 50.8 Å². The van der Waals surface area contributed by atoms with Gasteiger partial charge in [0.25, 0.3) is 0 Å². The molecule has 2 fully saturated rings. The number of carbonyl (C=O) groups excluding carboxylic acids is 1. The number of benzene rings is 1. The maximum Gasteiger partial charge on any atom is 0.231 e. The maximum atomic E-state index is 13.4. The summed E-state index contributed by atoms with van der Waals surface area (Å²) in [5.74, 6) is 0.221. The third-order valence-electron chi connectivity index (χ3n) is 5.75. The molecule has 2 atom stereocenters. The number of aliphatic hydroxyl groups is 1. The van der Waals surface area contributed by atoms with Gasteiger partial charge in [0.2, 0.25) is 5.91 Å². The topological polar surface area (TPSA) is 61.8 Å². The van der Waals surface area contributed by atoms with Crippen LogP contribution in [0.15, 0.2) is 30.3 Å². The van der Waals surface area contributed by atoms with E-state index in [9.17, 15) is 9.90 Å². The molecule has 0 aliphatic carbocycles. The number of halogens is 1. The Hall–Kier alpha value is -1.14. The molecule has 2 unspecified atom stereocenters. The molecule has 0 bridgehead atoms. The van der Waals surface area contributed by atoms with Crippen molar-refractivity contribution >= 4 is 18.3 Å². The van der Waals surface area contributed by atoms with Crippen LogP contribution in [0.25, 0.3) is 0 Å². The summed E-state index contributed by atoms with van der Waals surface area (Å²) in [5, 5.41) is 13.9. The molecule has 3 rings (SSSR count). The first-order chi connectivity index (χ1) is 12.2. The molecule has 2 saturated heterocycles. The van der Waals surface area contributed by atoms with E-state index in [4.69, 9.17) is 4.74 Å². The number of rotatable bonds is 6. The van der Waals surface area contributed by atoms with Crippen molar-refractivity contribution in [3.05, 3.63) is 35.9 Å². The molecule has 2 N–H and O–H groups in total. The van der Waals surface area contributed by atoms with E-state index < -0.39 is 11.5 Å². The summed E-state index contributed by atoms with van der Waals surface area (Å²) in [6.45, 7) is 3.00. The number of methoxy groups -OCH3 is 1. The molecule has 1 amide bonds. The van der Waals surface area contributed by atoms with Crippen molar-refractivity contribution in [3.63, 3.8) is 0 Å². The number of likely N-dealkylation sites (tertiary alicyclic amines) is 1. The second-order valence-electron chi connectivity index (χ2n) is 7.42. The molecule has 26 heavy (non-hydrogen) atoms. The number of hydrogen-bond acceptors (Lipinski definition) is 4. The first kappa shape index (κ1) is 21.2. The minimum Gasteiger partial charge on any atom is -0.388 e. The van der Waals surface area contributed by atoms with Crippen LogP contribution >= 0.6 is 12.4 Å². The lowest BCUT2D eigenvalue weighted by Gasteiger charge is -2.40. The largest absolute Gasteiger partial charge is 0.388 e. The zero-order valence-electron chi connectivity index (χ0n) is 15.5. The van der Waals surface area contributed by atoms with Gasteiger partial charge in [0.1, 0.15) is 0 Å². The van der Waals surface area contributed by atoms with Crippen LogP contribution in [0.5, 0.6) is 0 Å². The van der Waals surface area contributed by atoms with Gasteiger partial charge >= 0.3 is 0 Å². The summed E-state index contributed by atoms with van der Waals surface area (Å²) in [4.78, 5) is 15.4. The molecule has 0 spiro atoms. The zero-order valence-corrected chi connectivity index (χ0v) is 16.3. The van der Waals surface area contributed by atoms with E-state index in [1.165, 1.54) is 0 Å². The number of ether oxygens (including phenoxy) is 1. The molecule has 2 aliphatic heterocycles. The molecule has 6 heteroatoms. The lowest BCUT2D eigenvalue weighted by molar-refractivity contribution is -0.149. The summed E-state index contributed by atoms with van der Waals surface area (Å²) < 4.78 is 5.43. The molecular weight excluding hydrogens is 352 g/mol. The van der Waals surface area contributed by atoms with Crippen LogP contribution in [0.3, 0.4) is 0 Å². The van der Waals surface area contributed by atoms with Gasteiger partial charge in [-0.15, -0.1) is 12.4 Å². The van der Waals surface area contributed by atoms with Gasteiger partial charge in [-0.1, -0.05) is 30.3 Å². The van der Waals surface area contributed by atoms with Gasteiger partial charge in [0.15, 0.2) is 0 Å². The average Bonchev–Trinajstić information content (AvgIpc) is 3.10. The molecule has 1 aromatic carbocycles. The highest BCUT2D eigenvalue weighted by Gasteiger charge is 2.45. The summed E-state index contributed by atoms with van der Waals surface area (Å²) in [7, 11) is 1.68. The smallest absolute Gasteiger partial charge is 0.231 e.